The predicted molar refractivity (Wildman–Crippen MR) is 55.2 cm³/mol. The van der Waals surface area contributed by atoms with Crippen LogP contribution in [0.15, 0.2) is 34.5 Å². The molecule has 0 fully saturated rings. The van der Waals surface area contributed by atoms with Gasteiger partial charge in [-0.25, -0.2) is 10.2 Å². The molecule has 0 bridgehead atoms. The van der Waals surface area contributed by atoms with Crippen LogP contribution >= 0.6 is 11.8 Å². The van der Waals surface area contributed by atoms with Crippen LogP contribution in [0, 0.1) is 0 Å². The van der Waals surface area contributed by atoms with Crippen molar-refractivity contribution in [2.75, 3.05) is 12.8 Å². The van der Waals surface area contributed by atoms with Gasteiger partial charge in [-0.2, -0.15) is 0 Å². The number of carboxylic acids is 1. The SMILES string of the molecule is CNN1C(C(=O)O)=CC=C2SCC=C21. The van der Waals surface area contributed by atoms with Crippen molar-refractivity contribution in [3.8, 4) is 0 Å². The molecule has 0 saturated carbocycles. The summed E-state index contributed by atoms with van der Waals surface area (Å²) in [6.45, 7) is 0. The Morgan fingerprint density at radius 2 is 2.43 bits per heavy atom. The van der Waals surface area contributed by atoms with Gasteiger partial charge in [0.05, 0.1) is 5.70 Å². The van der Waals surface area contributed by atoms with Crippen molar-refractivity contribution in [1.29, 1.82) is 0 Å². The number of allylic oxidation sites excluding steroid dienone is 2. The van der Waals surface area contributed by atoms with Crippen LogP contribution in [-0.2, 0) is 4.79 Å². The molecular weight excluding hydrogens is 200 g/mol. The zero-order valence-corrected chi connectivity index (χ0v) is 8.47. The number of nitrogens with one attached hydrogen (secondary N) is 1. The largest absolute Gasteiger partial charge is 0.477 e. The minimum atomic E-state index is -0.924. The van der Waals surface area contributed by atoms with Gasteiger partial charge in [-0.05, 0) is 18.2 Å². The van der Waals surface area contributed by atoms with Crippen LogP contribution in [0.2, 0.25) is 0 Å². The zero-order valence-electron chi connectivity index (χ0n) is 7.65. The highest BCUT2D eigenvalue weighted by Crippen LogP contribution is 2.36. The number of fused-ring (bicyclic) bond motifs is 1. The maximum atomic E-state index is 10.9. The first kappa shape index (κ1) is 9.36. The summed E-state index contributed by atoms with van der Waals surface area (Å²) in [4.78, 5) is 12.0. The van der Waals surface area contributed by atoms with Crippen LogP contribution in [0.4, 0.5) is 0 Å². The molecule has 0 aliphatic carbocycles. The third-order valence-corrected chi connectivity index (χ3v) is 3.07. The molecule has 74 valence electrons. The molecule has 0 spiro atoms. The monoisotopic (exact) mass is 210 g/mol. The van der Waals surface area contributed by atoms with Gasteiger partial charge in [0.2, 0.25) is 0 Å². The molecule has 2 heterocycles. The Morgan fingerprint density at radius 1 is 1.64 bits per heavy atom. The average Bonchev–Trinajstić information content (AvgIpc) is 2.63. The van der Waals surface area contributed by atoms with Crippen LogP contribution in [0.25, 0.3) is 0 Å². The van der Waals surface area contributed by atoms with Crippen molar-refractivity contribution < 1.29 is 9.90 Å². The van der Waals surface area contributed by atoms with Gasteiger partial charge in [-0.15, -0.1) is 11.8 Å². The Kier molecular flexibility index (Phi) is 2.35. The smallest absolute Gasteiger partial charge is 0.353 e. The average molecular weight is 210 g/mol. The van der Waals surface area contributed by atoms with Crippen molar-refractivity contribution in [3.05, 3.63) is 34.5 Å². The van der Waals surface area contributed by atoms with Gasteiger partial charge >= 0.3 is 5.97 Å². The van der Waals surface area contributed by atoms with Crippen LogP contribution in [-0.4, -0.2) is 28.9 Å². The first-order valence-electron chi connectivity index (χ1n) is 4.20. The zero-order chi connectivity index (χ0) is 10.1. The van der Waals surface area contributed by atoms with Crippen molar-refractivity contribution in [2.24, 2.45) is 0 Å². The lowest BCUT2D eigenvalue weighted by molar-refractivity contribution is -0.134. The summed E-state index contributed by atoms with van der Waals surface area (Å²) in [5.41, 5.74) is 4.07. The van der Waals surface area contributed by atoms with E-state index < -0.39 is 5.97 Å². The van der Waals surface area contributed by atoms with Crippen LogP contribution in [0.3, 0.4) is 0 Å². The molecule has 4 nitrogen and oxygen atoms in total. The van der Waals surface area contributed by atoms with Crippen molar-refractivity contribution in [3.63, 3.8) is 0 Å². The van der Waals surface area contributed by atoms with Gasteiger partial charge in [-0.1, -0.05) is 0 Å². The lowest BCUT2D eigenvalue weighted by Gasteiger charge is -2.27. The van der Waals surface area contributed by atoms with E-state index in [2.05, 4.69) is 5.43 Å². The minimum absolute atomic E-state index is 0.255. The Morgan fingerprint density at radius 3 is 3.07 bits per heavy atom. The molecule has 0 aromatic carbocycles. The molecule has 2 aliphatic rings. The molecule has 2 aliphatic heterocycles. The molecule has 0 atom stereocenters. The molecule has 0 saturated heterocycles. The highest BCUT2D eigenvalue weighted by Gasteiger charge is 2.27. The number of hydrogen-bond acceptors (Lipinski definition) is 4. The topological polar surface area (TPSA) is 52.6 Å². The number of hydrazine groups is 1. The fraction of sp³-hybridized carbons (Fsp3) is 0.222. The lowest BCUT2D eigenvalue weighted by Crippen LogP contribution is -2.37. The molecule has 0 amide bonds. The minimum Gasteiger partial charge on any atom is -0.477 e. The number of thioether (sulfide) groups is 1. The second-order valence-electron chi connectivity index (χ2n) is 2.85. The molecule has 5 heteroatoms. The number of nitrogens with zero attached hydrogens (tertiary/aromatic N) is 1. The van der Waals surface area contributed by atoms with Crippen LogP contribution in [0.5, 0.6) is 0 Å². The number of hydrogen-bond donors (Lipinski definition) is 2. The standard InChI is InChI=1S/C9H10N2O2S/c1-10-11-6-4-5-14-8(6)3-2-7(11)9(12)13/h2-4,10H,5H2,1H3,(H,12,13). The normalized spacial score (nSPS) is 19.8. The van der Waals surface area contributed by atoms with E-state index >= 15 is 0 Å². The third kappa shape index (κ3) is 1.34. The predicted octanol–water partition coefficient (Wildman–Crippen LogP) is 0.920. The quantitative estimate of drug-likeness (QED) is 0.709. The third-order valence-electron chi connectivity index (χ3n) is 2.09. The second-order valence-corrected chi connectivity index (χ2v) is 3.91. The van der Waals surface area contributed by atoms with E-state index in [1.54, 1.807) is 29.9 Å². The summed E-state index contributed by atoms with van der Waals surface area (Å²) in [7, 11) is 1.71. The first-order chi connectivity index (χ1) is 6.74. The number of rotatable bonds is 2. The van der Waals surface area contributed by atoms with E-state index in [1.807, 2.05) is 12.2 Å². The van der Waals surface area contributed by atoms with Gasteiger partial charge < -0.3 is 5.11 Å². The highest BCUT2D eigenvalue weighted by atomic mass is 32.2. The van der Waals surface area contributed by atoms with Gasteiger partial charge in [0.1, 0.15) is 5.70 Å². The fourth-order valence-corrected chi connectivity index (χ4v) is 2.39. The van der Waals surface area contributed by atoms with Crippen LogP contribution < -0.4 is 5.43 Å². The highest BCUT2D eigenvalue weighted by molar-refractivity contribution is 8.03. The van der Waals surface area contributed by atoms with E-state index in [9.17, 15) is 4.79 Å². The van der Waals surface area contributed by atoms with E-state index in [-0.39, 0.29) is 5.70 Å². The van der Waals surface area contributed by atoms with E-state index in [1.165, 1.54) is 0 Å². The Hall–Kier alpha value is -1.20. The van der Waals surface area contributed by atoms with Crippen molar-refractivity contribution in [2.45, 2.75) is 0 Å². The summed E-state index contributed by atoms with van der Waals surface area (Å²) in [5.74, 6) is -0.0208. The van der Waals surface area contributed by atoms with Gasteiger partial charge in [0.15, 0.2) is 0 Å². The molecule has 0 unspecified atom stereocenters. The molecular formula is C9H10N2O2S. The van der Waals surface area contributed by atoms with Gasteiger partial charge in [-0.3, -0.25) is 5.01 Å². The lowest BCUT2D eigenvalue weighted by atomic mass is 10.2. The maximum Gasteiger partial charge on any atom is 0.353 e. The number of carboxylic acid groups (broad SMARTS) is 1. The van der Waals surface area contributed by atoms with Crippen molar-refractivity contribution in [1.82, 2.24) is 10.4 Å². The molecule has 0 aromatic heterocycles. The summed E-state index contributed by atoms with van der Waals surface area (Å²) >= 11 is 1.71. The van der Waals surface area contributed by atoms with Crippen LogP contribution in [0.1, 0.15) is 0 Å². The van der Waals surface area contributed by atoms with E-state index in [0.717, 1.165) is 16.4 Å². The number of aliphatic carboxylic acids is 1. The Labute approximate surface area is 85.9 Å². The molecule has 0 aromatic rings. The maximum absolute atomic E-state index is 10.9. The molecule has 2 rings (SSSR count). The van der Waals surface area contributed by atoms with Gasteiger partial charge in [0, 0.05) is 17.7 Å². The Balaban J connectivity index is 2.40. The summed E-state index contributed by atoms with van der Waals surface area (Å²) in [6, 6.07) is 0. The molecule has 14 heavy (non-hydrogen) atoms. The first-order valence-corrected chi connectivity index (χ1v) is 5.18. The van der Waals surface area contributed by atoms with Gasteiger partial charge in [0.25, 0.3) is 0 Å². The summed E-state index contributed by atoms with van der Waals surface area (Å²) in [6.07, 6.45) is 5.48. The second kappa shape index (κ2) is 3.51. The Bertz CT molecular complexity index is 371. The van der Waals surface area contributed by atoms with Crippen molar-refractivity contribution >= 4 is 17.7 Å². The van der Waals surface area contributed by atoms with E-state index in [0.29, 0.717) is 0 Å². The molecule has 2 N–H and O–H groups in total. The fourth-order valence-electron chi connectivity index (χ4n) is 1.49. The molecule has 0 radical (unpaired) electrons. The van der Waals surface area contributed by atoms with E-state index in [4.69, 9.17) is 5.11 Å². The summed E-state index contributed by atoms with van der Waals surface area (Å²) < 4.78 is 0. The number of carbonyl (C=O) groups is 1. The summed E-state index contributed by atoms with van der Waals surface area (Å²) in [5, 5.41) is 10.5.